The van der Waals surface area contributed by atoms with E-state index in [1.54, 1.807) is 0 Å². The summed E-state index contributed by atoms with van der Waals surface area (Å²) in [5.41, 5.74) is 0. The molecule has 1 N–H and O–H groups in total. The van der Waals surface area contributed by atoms with Crippen LogP contribution in [0.15, 0.2) is 0 Å². The predicted octanol–water partition coefficient (Wildman–Crippen LogP) is 0.103. The molecule has 5 heteroatoms. The molecule has 4 nitrogen and oxygen atoms in total. The van der Waals surface area contributed by atoms with Gasteiger partial charge >= 0.3 is 0 Å². The predicted molar refractivity (Wildman–Crippen MR) is 69.9 cm³/mol. The molecule has 16 heavy (non-hydrogen) atoms. The second-order valence-electron chi connectivity index (χ2n) is 4.07. The third-order valence-corrected chi connectivity index (χ3v) is 3.58. The lowest BCUT2D eigenvalue weighted by Gasteiger charge is -2.29. The Labute approximate surface area is 103 Å². The second-order valence-corrected chi connectivity index (χ2v) is 5.46. The Hall–Kier alpha value is -0.260. The number of hydrogen-bond acceptors (Lipinski definition) is 4. The van der Waals surface area contributed by atoms with Crippen molar-refractivity contribution >= 4 is 17.7 Å². The zero-order valence-corrected chi connectivity index (χ0v) is 11.2. The molecule has 0 bridgehead atoms. The maximum absolute atomic E-state index is 11.9. The number of thioether (sulfide) groups is 1. The van der Waals surface area contributed by atoms with Crippen molar-refractivity contribution in [3.63, 3.8) is 0 Å². The fourth-order valence-electron chi connectivity index (χ4n) is 1.69. The summed E-state index contributed by atoms with van der Waals surface area (Å²) in [5.74, 6) is 2.53. The highest BCUT2D eigenvalue weighted by atomic mass is 32.2. The van der Waals surface area contributed by atoms with E-state index in [0.717, 1.165) is 44.2 Å². The number of piperazine rings is 1. The van der Waals surface area contributed by atoms with E-state index in [1.165, 1.54) is 0 Å². The molecule has 1 rings (SSSR count). The number of nitrogens with zero attached hydrogens (tertiary/aromatic N) is 2. The number of nitrogens with one attached hydrogen (secondary N) is 1. The molecule has 0 unspecified atom stereocenters. The van der Waals surface area contributed by atoms with Gasteiger partial charge in [-0.3, -0.25) is 9.69 Å². The summed E-state index contributed by atoms with van der Waals surface area (Å²) in [6.07, 6.45) is 0. The molecule has 1 aliphatic rings. The van der Waals surface area contributed by atoms with Gasteiger partial charge in [0, 0.05) is 38.5 Å². The highest BCUT2D eigenvalue weighted by Gasteiger charge is 2.17. The minimum Gasteiger partial charge on any atom is -0.339 e. The Morgan fingerprint density at radius 2 is 2.12 bits per heavy atom. The molecule has 1 fully saturated rings. The van der Waals surface area contributed by atoms with E-state index >= 15 is 0 Å². The highest BCUT2D eigenvalue weighted by molar-refractivity contribution is 7.99. The average Bonchev–Trinajstić information content (AvgIpc) is 2.30. The number of rotatable bonds is 6. The van der Waals surface area contributed by atoms with Crippen LogP contribution in [0.25, 0.3) is 0 Å². The Balaban J connectivity index is 2.16. The Morgan fingerprint density at radius 3 is 2.75 bits per heavy atom. The van der Waals surface area contributed by atoms with E-state index in [0.29, 0.717) is 6.54 Å². The molecular weight excluding hydrogens is 222 g/mol. The topological polar surface area (TPSA) is 35.6 Å². The van der Waals surface area contributed by atoms with E-state index in [9.17, 15) is 4.79 Å². The molecule has 0 aliphatic carbocycles. The lowest BCUT2D eigenvalue weighted by Crippen LogP contribution is -2.49. The second kappa shape index (κ2) is 7.92. The van der Waals surface area contributed by atoms with Gasteiger partial charge in [0.25, 0.3) is 0 Å². The van der Waals surface area contributed by atoms with Crippen LogP contribution < -0.4 is 5.32 Å². The minimum atomic E-state index is 0.269. The molecule has 0 saturated carbocycles. The van der Waals surface area contributed by atoms with Gasteiger partial charge in [-0.25, -0.2) is 0 Å². The van der Waals surface area contributed by atoms with Crippen molar-refractivity contribution in [2.75, 3.05) is 57.8 Å². The van der Waals surface area contributed by atoms with E-state index < -0.39 is 0 Å². The van der Waals surface area contributed by atoms with Gasteiger partial charge in [-0.15, -0.1) is 0 Å². The number of hydrogen-bond donors (Lipinski definition) is 1. The van der Waals surface area contributed by atoms with Crippen molar-refractivity contribution in [2.24, 2.45) is 0 Å². The molecule has 1 amide bonds. The third kappa shape index (κ3) is 5.18. The van der Waals surface area contributed by atoms with Gasteiger partial charge in [0.1, 0.15) is 0 Å². The molecular formula is C11H23N3OS. The summed E-state index contributed by atoms with van der Waals surface area (Å²) < 4.78 is 0. The van der Waals surface area contributed by atoms with Crippen LogP contribution in [0.5, 0.6) is 0 Å². The summed E-state index contributed by atoms with van der Waals surface area (Å²) in [7, 11) is 2.02. The van der Waals surface area contributed by atoms with Crippen molar-refractivity contribution in [1.29, 1.82) is 0 Å². The van der Waals surface area contributed by atoms with Crippen molar-refractivity contribution in [3.8, 4) is 0 Å². The summed E-state index contributed by atoms with van der Waals surface area (Å²) in [4.78, 5) is 16.0. The van der Waals surface area contributed by atoms with Crippen LogP contribution in [0.2, 0.25) is 0 Å². The molecule has 0 atom stereocenters. The molecule has 0 aromatic heterocycles. The van der Waals surface area contributed by atoms with E-state index in [4.69, 9.17) is 0 Å². The summed E-state index contributed by atoms with van der Waals surface area (Å²) in [6.45, 7) is 7.30. The average molecular weight is 245 g/mol. The van der Waals surface area contributed by atoms with Gasteiger partial charge < -0.3 is 10.2 Å². The Kier molecular flexibility index (Phi) is 6.84. The molecule has 94 valence electrons. The van der Waals surface area contributed by atoms with Gasteiger partial charge in [-0.05, 0) is 12.8 Å². The highest BCUT2D eigenvalue weighted by Crippen LogP contribution is 2.00. The van der Waals surface area contributed by atoms with Gasteiger partial charge in [-0.2, -0.15) is 11.8 Å². The van der Waals surface area contributed by atoms with Crippen molar-refractivity contribution in [2.45, 2.75) is 6.92 Å². The van der Waals surface area contributed by atoms with Gasteiger partial charge in [0.05, 0.1) is 6.54 Å². The van der Waals surface area contributed by atoms with Gasteiger partial charge in [0.15, 0.2) is 0 Å². The number of carbonyl (C=O) groups excluding carboxylic acids is 1. The smallest absolute Gasteiger partial charge is 0.236 e. The fourth-order valence-corrected chi connectivity index (χ4v) is 2.42. The Bertz CT molecular complexity index is 207. The molecule has 1 aliphatic heterocycles. The first kappa shape index (κ1) is 13.8. The minimum absolute atomic E-state index is 0.269. The van der Waals surface area contributed by atoms with Crippen LogP contribution in [0.4, 0.5) is 0 Å². The molecule has 0 aromatic carbocycles. The number of carbonyl (C=O) groups is 1. The fraction of sp³-hybridized carbons (Fsp3) is 0.909. The molecule has 0 radical (unpaired) electrons. The standard InChI is InChI=1S/C11H23N3OS/c1-3-16-9-8-13(2)10-11(15)14-6-4-12-5-7-14/h12H,3-10H2,1-2H3. The SMILES string of the molecule is CCSCCN(C)CC(=O)N1CCNCC1. The van der Waals surface area contributed by atoms with Crippen LogP contribution in [0.3, 0.4) is 0 Å². The molecule has 1 heterocycles. The first-order valence-corrected chi connectivity index (χ1v) is 7.14. The van der Waals surface area contributed by atoms with Crippen molar-refractivity contribution < 1.29 is 4.79 Å². The molecule has 1 saturated heterocycles. The maximum Gasteiger partial charge on any atom is 0.236 e. The lowest BCUT2D eigenvalue weighted by atomic mass is 10.3. The first-order chi connectivity index (χ1) is 7.74. The van der Waals surface area contributed by atoms with E-state index in [2.05, 4.69) is 17.1 Å². The Morgan fingerprint density at radius 1 is 1.44 bits per heavy atom. The zero-order chi connectivity index (χ0) is 11.8. The van der Waals surface area contributed by atoms with E-state index in [1.807, 2.05) is 23.7 Å². The summed E-state index contributed by atoms with van der Waals surface area (Å²) >= 11 is 1.92. The van der Waals surface area contributed by atoms with Crippen molar-refractivity contribution in [3.05, 3.63) is 0 Å². The zero-order valence-electron chi connectivity index (χ0n) is 10.4. The quantitative estimate of drug-likeness (QED) is 0.674. The van der Waals surface area contributed by atoms with Crippen molar-refractivity contribution in [1.82, 2.24) is 15.1 Å². The largest absolute Gasteiger partial charge is 0.339 e. The van der Waals surface area contributed by atoms with Gasteiger partial charge in [-0.1, -0.05) is 6.92 Å². The lowest BCUT2D eigenvalue weighted by molar-refractivity contribution is -0.132. The van der Waals surface area contributed by atoms with Crippen LogP contribution in [-0.2, 0) is 4.79 Å². The van der Waals surface area contributed by atoms with Crippen LogP contribution in [0.1, 0.15) is 6.92 Å². The van der Waals surface area contributed by atoms with E-state index in [-0.39, 0.29) is 5.91 Å². The monoisotopic (exact) mass is 245 g/mol. The summed E-state index contributed by atoms with van der Waals surface area (Å²) in [5, 5.41) is 3.25. The molecule has 0 spiro atoms. The first-order valence-electron chi connectivity index (χ1n) is 5.98. The van der Waals surface area contributed by atoms with Gasteiger partial charge in [0.2, 0.25) is 5.91 Å². The van der Waals surface area contributed by atoms with Crippen LogP contribution in [0, 0.1) is 0 Å². The normalized spacial score (nSPS) is 16.8. The number of amides is 1. The molecule has 0 aromatic rings. The maximum atomic E-state index is 11.9. The third-order valence-electron chi connectivity index (χ3n) is 2.70. The van der Waals surface area contributed by atoms with Crippen LogP contribution in [-0.4, -0.2) is 73.5 Å². The van der Waals surface area contributed by atoms with Crippen LogP contribution >= 0.6 is 11.8 Å². The summed E-state index contributed by atoms with van der Waals surface area (Å²) in [6, 6.07) is 0. The number of likely N-dealkylation sites (N-methyl/N-ethyl adjacent to an activating group) is 1.